The summed E-state index contributed by atoms with van der Waals surface area (Å²) < 4.78 is 7.11. The van der Waals surface area contributed by atoms with Gasteiger partial charge < -0.3 is 10.5 Å². The molecular formula is C13H17N3O. The maximum Gasteiger partial charge on any atom is 0.153 e. The second-order valence-electron chi connectivity index (χ2n) is 4.24. The predicted octanol–water partition coefficient (Wildman–Crippen LogP) is 2.29. The minimum absolute atomic E-state index is 0.522. The van der Waals surface area contributed by atoms with E-state index in [9.17, 15) is 0 Å². The number of nitrogens with two attached hydrogens (primary N) is 1. The van der Waals surface area contributed by atoms with Gasteiger partial charge in [-0.05, 0) is 37.1 Å². The van der Waals surface area contributed by atoms with Crippen molar-refractivity contribution in [1.29, 1.82) is 0 Å². The monoisotopic (exact) mass is 231 g/mol. The van der Waals surface area contributed by atoms with Crippen molar-refractivity contribution in [1.82, 2.24) is 9.78 Å². The Hall–Kier alpha value is -1.97. The van der Waals surface area contributed by atoms with Crippen LogP contribution in [0.4, 0.5) is 5.82 Å². The lowest BCUT2D eigenvalue weighted by molar-refractivity contribution is 0.416. The van der Waals surface area contributed by atoms with E-state index in [1.54, 1.807) is 11.8 Å². The van der Waals surface area contributed by atoms with Crippen LogP contribution >= 0.6 is 0 Å². The Morgan fingerprint density at radius 1 is 1.18 bits per heavy atom. The van der Waals surface area contributed by atoms with Crippen LogP contribution in [0.3, 0.4) is 0 Å². The SMILES string of the molecule is COc1cc(C)c(C)cc1-c1cn(C)nc1N. The molecule has 0 aliphatic rings. The molecule has 0 unspecified atom stereocenters. The number of hydrogen-bond donors (Lipinski definition) is 1. The van der Waals surface area contributed by atoms with Gasteiger partial charge in [-0.1, -0.05) is 0 Å². The Morgan fingerprint density at radius 3 is 2.35 bits per heavy atom. The molecule has 0 aliphatic heterocycles. The minimum atomic E-state index is 0.522. The topological polar surface area (TPSA) is 53.1 Å². The van der Waals surface area contributed by atoms with Crippen LogP contribution in [-0.2, 0) is 7.05 Å². The molecule has 0 atom stereocenters. The van der Waals surface area contributed by atoms with Crippen LogP contribution in [0.2, 0.25) is 0 Å². The van der Waals surface area contributed by atoms with Gasteiger partial charge in [0.15, 0.2) is 5.82 Å². The molecule has 0 spiro atoms. The smallest absolute Gasteiger partial charge is 0.153 e. The van der Waals surface area contributed by atoms with Gasteiger partial charge in [-0.15, -0.1) is 0 Å². The van der Waals surface area contributed by atoms with Gasteiger partial charge in [-0.3, -0.25) is 4.68 Å². The molecule has 4 nitrogen and oxygen atoms in total. The number of nitrogens with zero attached hydrogens (tertiary/aromatic N) is 2. The summed E-state index contributed by atoms with van der Waals surface area (Å²) in [5, 5.41) is 4.15. The normalized spacial score (nSPS) is 10.6. The molecule has 1 heterocycles. The van der Waals surface area contributed by atoms with Gasteiger partial charge in [-0.2, -0.15) is 5.10 Å². The van der Waals surface area contributed by atoms with E-state index in [1.165, 1.54) is 11.1 Å². The molecule has 2 aromatic rings. The van der Waals surface area contributed by atoms with Crippen molar-refractivity contribution in [3.8, 4) is 16.9 Å². The summed E-state index contributed by atoms with van der Waals surface area (Å²) in [4.78, 5) is 0. The third kappa shape index (κ3) is 1.98. The molecule has 0 amide bonds. The van der Waals surface area contributed by atoms with E-state index in [0.29, 0.717) is 5.82 Å². The summed E-state index contributed by atoms with van der Waals surface area (Å²) in [6.45, 7) is 4.14. The average Bonchev–Trinajstić information content (AvgIpc) is 2.61. The van der Waals surface area contributed by atoms with Crippen molar-refractivity contribution in [2.45, 2.75) is 13.8 Å². The number of aryl methyl sites for hydroxylation is 3. The van der Waals surface area contributed by atoms with Crippen molar-refractivity contribution in [2.75, 3.05) is 12.8 Å². The standard InChI is InChI=1S/C13H17N3O/c1-8-5-10(12(17-4)6-9(8)2)11-7-16(3)15-13(11)14/h5-7H,1-4H3,(H2,14,15). The molecule has 2 rings (SSSR count). The molecule has 1 aromatic heterocycles. The Balaban J connectivity index is 2.66. The predicted molar refractivity (Wildman–Crippen MR) is 69.1 cm³/mol. The molecule has 0 saturated heterocycles. The van der Waals surface area contributed by atoms with Gasteiger partial charge >= 0.3 is 0 Å². The summed E-state index contributed by atoms with van der Waals surface area (Å²) in [6, 6.07) is 4.11. The van der Waals surface area contributed by atoms with Crippen LogP contribution in [-0.4, -0.2) is 16.9 Å². The molecular weight excluding hydrogens is 214 g/mol. The van der Waals surface area contributed by atoms with Crippen molar-refractivity contribution in [3.05, 3.63) is 29.5 Å². The first kappa shape index (κ1) is 11.5. The number of aromatic nitrogens is 2. The number of ether oxygens (including phenoxy) is 1. The first-order valence-corrected chi connectivity index (χ1v) is 5.47. The maximum absolute atomic E-state index is 5.90. The third-order valence-corrected chi connectivity index (χ3v) is 2.96. The van der Waals surface area contributed by atoms with Gasteiger partial charge in [0.25, 0.3) is 0 Å². The van der Waals surface area contributed by atoms with E-state index in [2.05, 4.69) is 25.0 Å². The van der Waals surface area contributed by atoms with E-state index >= 15 is 0 Å². The molecule has 17 heavy (non-hydrogen) atoms. The van der Waals surface area contributed by atoms with E-state index < -0.39 is 0 Å². The second-order valence-corrected chi connectivity index (χ2v) is 4.24. The van der Waals surface area contributed by atoms with E-state index in [0.717, 1.165) is 16.9 Å². The van der Waals surface area contributed by atoms with Crippen molar-refractivity contribution in [2.24, 2.45) is 7.05 Å². The van der Waals surface area contributed by atoms with Crippen molar-refractivity contribution >= 4 is 5.82 Å². The zero-order valence-corrected chi connectivity index (χ0v) is 10.6. The van der Waals surface area contributed by atoms with E-state index in [4.69, 9.17) is 10.5 Å². The molecule has 4 heteroatoms. The van der Waals surface area contributed by atoms with Crippen LogP contribution in [0.1, 0.15) is 11.1 Å². The summed E-state index contributed by atoms with van der Waals surface area (Å²) in [5.41, 5.74) is 10.2. The number of benzene rings is 1. The highest BCUT2D eigenvalue weighted by Gasteiger charge is 2.13. The highest BCUT2D eigenvalue weighted by Crippen LogP contribution is 2.35. The van der Waals surface area contributed by atoms with Gasteiger partial charge in [0, 0.05) is 24.4 Å². The number of rotatable bonds is 2. The quantitative estimate of drug-likeness (QED) is 0.862. The van der Waals surface area contributed by atoms with E-state index in [-0.39, 0.29) is 0 Å². The second kappa shape index (κ2) is 4.13. The summed E-state index contributed by atoms with van der Waals surface area (Å²) in [6.07, 6.45) is 1.90. The van der Waals surface area contributed by atoms with Crippen LogP contribution in [0, 0.1) is 13.8 Å². The van der Waals surface area contributed by atoms with Crippen molar-refractivity contribution < 1.29 is 4.74 Å². The Labute approximate surface area is 101 Å². The van der Waals surface area contributed by atoms with E-state index in [1.807, 2.05) is 19.3 Å². The van der Waals surface area contributed by atoms with Crippen LogP contribution < -0.4 is 10.5 Å². The molecule has 1 aromatic carbocycles. The lowest BCUT2D eigenvalue weighted by Gasteiger charge is -2.10. The molecule has 0 saturated carbocycles. The largest absolute Gasteiger partial charge is 0.496 e. The summed E-state index contributed by atoms with van der Waals surface area (Å²) in [7, 11) is 3.52. The van der Waals surface area contributed by atoms with Gasteiger partial charge in [0.1, 0.15) is 5.75 Å². The minimum Gasteiger partial charge on any atom is -0.496 e. The first-order valence-electron chi connectivity index (χ1n) is 5.47. The maximum atomic E-state index is 5.90. The number of anilines is 1. The van der Waals surface area contributed by atoms with Crippen molar-refractivity contribution in [3.63, 3.8) is 0 Å². The molecule has 0 radical (unpaired) electrons. The lowest BCUT2D eigenvalue weighted by atomic mass is 10.0. The van der Waals surface area contributed by atoms with Gasteiger partial charge in [0.05, 0.1) is 7.11 Å². The summed E-state index contributed by atoms with van der Waals surface area (Å²) in [5.74, 6) is 1.35. The molecule has 0 fully saturated rings. The highest BCUT2D eigenvalue weighted by atomic mass is 16.5. The molecule has 0 bridgehead atoms. The number of nitrogen functional groups attached to an aromatic ring is 1. The third-order valence-electron chi connectivity index (χ3n) is 2.96. The first-order chi connectivity index (χ1) is 8.02. The van der Waals surface area contributed by atoms with Crippen LogP contribution in [0.25, 0.3) is 11.1 Å². The zero-order valence-electron chi connectivity index (χ0n) is 10.6. The van der Waals surface area contributed by atoms with Gasteiger partial charge in [0.2, 0.25) is 0 Å². The Morgan fingerprint density at radius 2 is 1.82 bits per heavy atom. The fraction of sp³-hybridized carbons (Fsp3) is 0.308. The van der Waals surface area contributed by atoms with Crippen LogP contribution in [0.5, 0.6) is 5.75 Å². The Kier molecular flexibility index (Phi) is 2.79. The fourth-order valence-electron chi connectivity index (χ4n) is 1.88. The highest BCUT2D eigenvalue weighted by molar-refractivity contribution is 5.79. The Bertz CT molecular complexity index is 558. The fourth-order valence-corrected chi connectivity index (χ4v) is 1.88. The molecule has 2 N–H and O–H groups in total. The summed E-state index contributed by atoms with van der Waals surface area (Å²) >= 11 is 0. The van der Waals surface area contributed by atoms with Crippen LogP contribution in [0.15, 0.2) is 18.3 Å². The molecule has 90 valence electrons. The lowest BCUT2D eigenvalue weighted by Crippen LogP contribution is -1.94. The number of methoxy groups -OCH3 is 1. The average molecular weight is 231 g/mol. The van der Waals surface area contributed by atoms with Gasteiger partial charge in [-0.25, -0.2) is 0 Å². The molecule has 0 aliphatic carbocycles. The zero-order chi connectivity index (χ0) is 12.6. The number of hydrogen-bond acceptors (Lipinski definition) is 3.